The largest absolute Gasteiger partial charge is 0.223 e. The Labute approximate surface area is 91.2 Å². The Morgan fingerprint density at radius 3 is 2.13 bits per heavy atom. The molecule has 0 saturated heterocycles. The highest BCUT2D eigenvalue weighted by molar-refractivity contribution is 7.92. The van der Waals surface area contributed by atoms with Gasteiger partial charge in [0.05, 0.1) is 10.1 Å². The lowest BCUT2D eigenvalue weighted by Crippen LogP contribution is -2.17. The van der Waals surface area contributed by atoms with Gasteiger partial charge in [-0.15, -0.1) is 0 Å². The highest BCUT2D eigenvalue weighted by Gasteiger charge is 2.29. The van der Waals surface area contributed by atoms with Crippen molar-refractivity contribution in [2.24, 2.45) is 0 Å². The van der Waals surface area contributed by atoms with Gasteiger partial charge in [-0.25, -0.2) is 8.42 Å². The first kappa shape index (κ1) is 10.7. The monoisotopic (exact) mass is 224 g/mol. The standard InChI is InChI=1S/C12H16O2S/c1-10-6-8-12(9-7-10)15(13,14)11-4-2-3-5-11/h6-9,11H,2-5H2,1H3. The third-order valence-electron chi connectivity index (χ3n) is 3.09. The molecular formula is C12H16O2S. The average Bonchev–Trinajstić information content (AvgIpc) is 2.71. The molecule has 0 aromatic heterocycles. The van der Waals surface area contributed by atoms with Crippen molar-refractivity contribution < 1.29 is 8.42 Å². The van der Waals surface area contributed by atoms with Crippen LogP contribution in [0.25, 0.3) is 0 Å². The molecule has 0 atom stereocenters. The molecule has 1 aromatic rings. The van der Waals surface area contributed by atoms with Gasteiger partial charge in [0.15, 0.2) is 9.84 Å². The smallest absolute Gasteiger partial charge is 0.181 e. The summed E-state index contributed by atoms with van der Waals surface area (Å²) < 4.78 is 24.3. The second kappa shape index (κ2) is 3.97. The van der Waals surface area contributed by atoms with Crippen molar-refractivity contribution in [2.45, 2.75) is 42.8 Å². The number of aryl methyl sites for hydroxylation is 1. The van der Waals surface area contributed by atoms with Gasteiger partial charge < -0.3 is 0 Å². The number of benzene rings is 1. The predicted molar refractivity (Wildman–Crippen MR) is 60.6 cm³/mol. The van der Waals surface area contributed by atoms with Crippen LogP contribution in [0.5, 0.6) is 0 Å². The molecule has 1 aliphatic carbocycles. The molecular weight excluding hydrogens is 208 g/mol. The summed E-state index contributed by atoms with van der Waals surface area (Å²) in [6.07, 6.45) is 3.76. The van der Waals surface area contributed by atoms with E-state index >= 15 is 0 Å². The van der Waals surface area contributed by atoms with Gasteiger partial charge in [-0.1, -0.05) is 30.5 Å². The summed E-state index contributed by atoms with van der Waals surface area (Å²) >= 11 is 0. The lowest BCUT2D eigenvalue weighted by molar-refractivity contribution is 0.579. The zero-order valence-electron chi connectivity index (χ0n) is 8.94. The molecule has 1 fully saturated rings. The second-order valence-electron chi connectivity index (χ2n) is 4.26. The van der Waals surface area contributed by atoms with Crippen LogP contribution >= 0.6 is 0 Å². The van der Waals surface area contributed by atoms with E-state index < -0.39 is 9.84 Å². The first-order valence-electron chi connectivity index (χ1n) is 5.41. The minimum absolute atomic E-state index is 0.139. The number of rotatable bonds is 2. The van der Waals surface area contributed by atoms with Crippen LogP contribution < -0.4 is 0 Å². The zero-order valence-corrected chi connectivity index (χ0v) is 9.76. The maximum atomic E-state index is 12.1. The molecule has 2 rings (SSSR count). The van der Waals surface area contributed by atoms with Gasteiger partial charge in [0.25, 0.3) is 0 Å². The fraction of sp³-hybridized carbons (Fsp3) is 0.500. The molecule has 15 heavy (non-hydrogen) atoms. The molecule has 0 aliphatic heterocycles. The lowest BCUT2D eigenvalue weighted by atomic mass is 10.2. The number of hydrogen-bond acceptors (Lipinski definition) is 2. The highest BCUT2D eigenvalue weighted by atomic mass is 32.2. The third kappa shape index (κ3) is 2.07. The van der Waals surface area contributed by atoms with E-state index in [2.05, 4.69) is 0 Å². The summed E-state index contributed by atoms with van der Waals surface area (Å²) in [7, 11) is -3.06. The molecule has 0 bridgehead atoms. The summed E-state index contributed by atoms with van der Waals surface area (Å²) in [5.41, 5.74) is 1.10. The summed E-state index contributed by atoms with van der Waals surface area (Å²) in [6.45, 7) is 1.96. The van der Waals surface area contributed by atoms with Gasteiger partial charge in [0.2, 0.25) is 0 Å². The third-order valence-corrected chi connectivity index (χ3v) is 5.37. The van der Waals surface area contributed by atoms with Crippen LogP contribution in [0, 0.1) is 6.92 Å². The van der Waals surface area contributed by atoms with Crippen molar-refractivity contribution in [3.63, 3.8) is 0 Å². The van der Waals surface area contributed by atoms with Crippen LogP contribution in [0.3, 0.4) is 0 Å². The Bertz CT molecular complexity index is 425. The van der Waals surface area contributed by atoms with Crippen molar-refractivity contribution in [3.05, 3.63) is 29.8 Å². The molecule has 1 aromatic carbocycles. The van der Waals surface area contributed by atoms with E-state index in [1.54, 1.807) is 12.1 Å². The molecule has 1 saturated carbocycles. The first-order chi connectivity index (χ1) is 7.10. The van der Waals surface area contributed by atoms with Gasteiger partial charge in [-0.3, -0.25) is 0 Å². The van der Waals surface area contributed by atoms with Crippen LogP contribution in [0.4, 0.5) is 0 Å². The Morgan fingerprint density at radius 1 is 1.07 bits per heavy atom. The Balaban J connectivity index is 2.32. The predicted octanol–water partition coefficient (Wildman–Crippen LogP) is 2.71. The van der Waals surface area contributed by atoms with Crippen molar-refractivity contribution in [3.8, 4) is 0 Å². The topological polar surface area (TPSA) is 34.1 Å². The fourth-order valence-corrected chi connectivity index (χ4v) is 3.97. The van der Waals surface area contributed by atoms with E-state index in [-0.39, 0.29) is 5.25 Å². The normalized spacial score (nSPS) is 18.2. The zero-order chi connectivity index (χ0) is 10.9. The quantitative estimate of drug-likeness (QED) is 0.774. The molecule has 3 heteroatoms. The summed E-state index contributed by atoms with van der Waals surface area (Å²) in [6, 6.07) is 7.18. The van der Waals surface area contributed by atoms with E-state index in [1.165, 1.54) is 0 Å². The highest BCUT2D eigenvalue weighted by Crippen LogP contribution is 2.29. The molecule has 0 radical (unpaired) electrons. The Hall–Kier alpha value is -0.830. The Kier molecular flexibility index (Phi) is 2.83. The van der Waals surface area contributed by atoms with E-state index in [0.29, 0.717) is 4.90 Å². The molecule has 0 heterocycles. The van der Waals surface area contributed by atoms with E-state index in [0.717, 1.165) is 31.2 Å². The summed E-state index contributed by atoms with van der Waals surface area (Å²) in [4.78, 5) is 0.486. The Morgan fingerprint density at radius 2 is 1.60 bits per heavy atom. The van der Waals surface area contributed by atoms with Gasteiger partial charge in [-0.2, -0.15) is 0 Å². The minimum atomic E-state index is -3.06. The van der Waals surface area contributed by atoms with Crippen LogP contribution in [0.15, 0.2) is 29.2 Å². The molecule has 0 spiro atoms. The molecule has 2 nitrogen and oxygen atoms in total. The SMILES string of the molecule is Cc1ccc(S(=O)(=O)C2CCCC2)cc1. The minimum Gasteiger partial charge on any atom is -0.223 e. The van der Waals surface area contributed by atoms with Gasteiger partial charge >= 0.3 is 0 Å². The molecule has 0 unspecified atom stereocenters. The van der Waals surface area contributed by atoms with Gasteiger partial charge in [0.1, 0.15) is 0 Å². The molecule has 0 amide bonds. The first-order valence-corrected chi connectivity index (χ1v) is 6.96. The van der Waals surface area contributed by atoms with E-state index in [1.807, 2.05) is 19.1 Å². The van der Waals surface area contributed by atoms with Crippen LogP contribution in [-0.2, 0) is 9.84 Å². The van der Waals surface area contributed by atoms with E-state index in [9.17, 15) is 8.42 Å². The van der Waals surface area contributed by atoms with Crippen LogP contribution in [-0.4, -0.2) is 13.7 Å². The lowest BCUT2D eigenvalue weighted by Gasteiger charge is -2.10. The molecule has 82 valence electrons. The van der Waals surface area contributed by atoms with Gasteiger partial charge in [0, 0.05) is 0 Å². The maximum absolute atomic E-state index is 12.1. The molecule has 0 N–H and O–H groups in total. The number of hydrogen-bond donors (Lipinski definition) is 0. The van der Waals surface area contributed by atoms with Crippen molar-refractivity contribution in [1.82, 2.24) is 0 Å². The number of sulfone groups is 1. The summed E-state index contributed by atoms with van der Waals surface area (Å²) in [5, 5.41) is -0.139. The maximum Gasteiger partial charge on any atom is 0.181 e. The fourth-order valence-electron chi connectivity index (χ4n) is 2.12. The average molecular weight is 224 g/mol. The van der Waals surface area contributed by atoms with Crippen LogP contribution in [0.2, 0.25) is 0 Å². The van der Waals surface area contributed by atoms with Crippen molar-refractivity contribution in [2.75, 3.05) is 0 Å². The van der Waals surface area contributed by atoms with Crippen LogP contribution in [0.1, 0.15) is 31.2 Å². The van der Waals surface area contributed by atoms with E-state index in [4.69, 9.17) is 0 Å². The summed E-state index contributed by atoms with van der Waals surface area (Å²) in [5.74, 6) is 0. The van der Waals surface area contributed by atoms with Gasteiger partial charge in [-0.05, 0) is 31.9 Å². The second-order valence-corrected chi connectivity index (χ2v) is 6.49. The van der Waals surface area contributed by atoms with Crippen molar-refractivity contribution >= 4 is 9.84 Å². The van der Waals surface area contributed by atoms with Crippen molar-refractivity contribution in [1.29, 1.82) is 0 Å². The molecule has 1 aliphatic rings.